The van der Waals surface area contributed by atoms with E-state index in [-0.39, 0.29) is 0 Å². The molecule has 0 fully saturated rings. The summed E-state index contributed by atoms with van der Waals surface area (Å²) in [7, 11) is 0. The fourth-order valence-corrected chi connectivity index (χ4v) is 1.81. The summed E-state index contributed by atoms with van der Waals surface area (Å²) in [5.74, 6) is 2.12. The van der Waals surface area contributed by atoms with E-state index < -0.39 is 0 Å². The van der Waals surface area contributed by atoms with Crippen LogP contribution in [0.15, 0.2) is 6.20 Å². The van der Waals surface area contributed by atoms with Gasteiger partial charge in [0.15, 0.2) is 0 Å². The zero-order valence-corrected chi connectivity index (χ0v) is 7.88. The van der Waals surface area contributed by atoms with E-state index in [2.05, 4.69) is 29.6 Å². The van der Waals surface area contributed by atoms with E-state index in [1.54, 1.807) is 0 Å². The van der Waals surface area contributed by atoms with Crippen molar-refractivity contribution in [2.45, 2.75) is 39.7 Å². The number of hydrogen-bond acceptors (Lipinski definition) is 1. The first kappa shape index (κ1) is 7.84. The van der Waals surface area contributed by atoms with Gasteiger partial charge < -0.3 is 4.57 Å². The maximum Gasteiger partial charge on any atom is 0.109 e. The Balaban J connectivity index is 2.28. The van der Waals surface area contributed by atoms with E-state index in [0.717, 1.165) is 12.3 Å². The fraction of sp³-hybridized carbons (Fsp3) is 0.700. The average molecular weight is 164 g/mol. The molecule has 0 radical (unpaired) electrons. The third kappa shape index (κ3) is 1.26. The molecule has 0 saturated heterocycles. The molecule has 0 spiro atoms. The number of fused-ring (bicyclic) bond motifs is 1. The van der Waals surface area contributed by atoms with Crippen molar-refractivity contribution in [3.63, 3.8) is 0 Å². The predicted molar refractivity (Wildman–Crippen MR) is 49.1 cm³/mol. The van der Waals surface area contributed by atoms with Gasteiger partial charge in [-0.25, -0.2) is 4.98 Å². The summed E-state index contributed by atoms with van der Waals surface area (Å²) in [6.07, 6.45) is 5.75. The third-order valence-electron chi connectivity index (χ3n) is 2.67. The Bertz CT molecular complexity index is 275. The highest BCUT2D eigenvalue weighted by Crippen LogP contribution is 2.19. The van der Waals surface area contributed by atoms with Gasteiger partial charge in [-0.2, -0.15) is 0 Å². The largest absolute Gasteiger partial charge is 0.335 e. The molecule has 2 nitrogen and oxygen atoms in total. The van der Waals surface area contributed by atoms with Gasteiger partial charge in [-0.15, -0.1) is 0 Å². The minimum absolute atomic E-state index is 0.824. The van der Waals surface area contributed by atoms with E-state index in [9.17, 15) is 0 Å². The van der Waals surface area contributed by atoms with Crippen LogP contribution in [0.25, 0.3) is 0 Å². The summed E-state index contributed by atoms with van der Waals surface area (Å²) >= 11 is 0. The van der Waals surface area contributed by atoms with Gasteiger partial charge >= 0.3 is 0 Å². The van der Waals surface area contributed by atoms with Crippen LogP contribution in [0.3, 0.4) is 0 Å². The molecule has 12 heavy (non-hydrogen) atoms. The monoisotopic (exact) mass is 164 g/mol. The van der Waals surface area contributed by atoms with Gasteiger partial charge in [0.05, 0.1) is 5.69 Å². The normalized spacial score (nSPS) is 22.3. The molecule has 0 aliphatic carbocycles. The number of nitrogens with zero attached hydrogens (tertiary/aromatic N) is 2. The molecule has 1 unspecified atom stereocenters. The summed E-state index contributed by atoms with van der Waals surface area (Å²) in [5.41, 5.74) is 1.25. The first-order chi connectivity index (χ1) is 5.79. The highest BCUT2D eigenvalue weighted by molar-refractivity contribution is 5.06. The standard InChI is InChI=1S/C10H16N2/c1-3-9-7-12-5-4-8(2)6-10(12)11-9/h7-8H,3-6H2,1-2H3. The van der Waals surface area contributed by atoms with Gasteiger partial charge in [0.1, 0.15) is 5.82 Å². The highest BCUT2D eigenvalue weighted by atomic mass is 15.1. The summed E-state index contributed by atoms with van der Waals surface area (Å²) in [4.78, 5) is 4.58. The summed E-state index contributed by atoms with van der Waals surface area (Å²) < 4.78 is 2.32. The zero-order chi connectivity index (χ0) is 8.55. The molecule has 1 atom stereocenters. The molecule has 1 aromatic heterocycles. The molecule has 1 aliphatic heterocycles. The van der Waals surface area contributed by atoms with E-state index in [0.29, 0.717) is 0 Å². The molecule has 0 N–H and O–H groups in total. The van der Waals surface area contributed by atoms with Gasteiger partial charge in [-0.3, -0.25) is 0 Å². The van der Waals surface area contributed by atoms with Crippen LogP contribution >= 0.6 is 0 Å². The molecule has 2 heteroatoms. The Morgan fingerprint density at radius 1 is 1.67 bits per heavy atom. The number of aryl methyl sites for hydroxylation is 2. The van der Waals surface area contributed by atoms with Crippen molar-refractivity contribution in [3.05, 3.63) is 17.7 Å². The number of hydrogen-bond donors (Lipinski definition) is 0. The SMILES string of the molecule is CCc1cn2c(n1)CC(C)CC2. The second-order valence-electron chi connectivity index (χ2n) is 3.79. The number of aromatic nitrogens is 2. The van der Waals surface area contributed by atoms with Crippen LogP contribution in [-0.4, -0.2) is 9.55 Å². The lowest BCUT2D eigenvalue weighted by atomic mass is 10.0. The summed E-state index contributed by atoms with van der Waals surface area (Å²) in [5, 5.41) is 0. The second kappa shape index (κ2) is 2.92. The lowest BCUT2D eigenvalue weighted by molar-refractivity contribution is 0.409. The van der Waals surface area contributed by atoms with Crippen LogP contribution in [0, 0.1) is 5.92 Å². The van der Waals surface area contributed by atoms with Crippen LogP contribution in [0.2, 0.25) is 0 Å². The Morgan fingerprint density at radius 3 is 3.25 bits per heavy atom. The number of imidazole rings is 1. The van der Waals surface area contributed by atoms with E-state index in [1.165, 1.54) is 30.9 Å². The van der Waals surface area contributed by atoms with Crippen molar-refractivity contribution in [2.24, 2.45) is 5.92 Å². The van der Waals surface area contributed by atoms with E-state index in [1.807, 2.05) is 0 Å². The van der Waals surface area contributed by atoms with Crippen molar-refractivity contribution in [3.8, 4) is 0 Å². The Hall–Kier alpha value is -0.790. The van der Waals surface area contributed by atoms with Crippen molar-refractivity contribution < 1.29 is 0 Å². The first-order valence-electron chi connectivity index (χ1n) is 4.84. The lowest BCUT2D eigenvalue weighted by Gasteiger charge is -2.18. The van der Waals surface area contributed by atoms with Gasteiger partial charge in [0.25, 0.3) is 0 Å². The third-order valence-corrected chi connectivity index (χ3v) is 2.67. The molecule has 1 aromatic rings. The molecule has 2 heterocycles. The lowest BCUT2D eigenvalue weighted by Crippen LogP contribution is -2.16. The van der Waals surface area contributed by atoms with E-state index in [4.69, 9.17) is 0 Å². The average Bonchev–Trinajstić information content (AvgIpc) is 2.46. The summed E-state index contributed by atoms with van der Waals surface area (Å²) in [6.45, 7) is 5.64. The second-order valence-corrected chi connectivity index (χ2v) is 3.79. The molecule has 66 valence electrons. The fourth-order valence-electron chi connectivity index (χ4n) is 1.81. The molecule has 1 aliphatic rings. The minimum atomic E-state index is 0.824. The van der Waals surface area contributed by atoms with Crippen molar-refractivity contribution in [2.75, 3.05) is 0 Å². The maximum atomic E-state index is 4.58. The van der Waals surface area contributed by atoms with Gasteiger partial charge in [-0.1, -0.05) is 13.8 Å². The molecule has 0 aromatic carbocycles. The molecule has 0 amide bonds. The molecule has 0 bridgehead atoms. The maximum absolute atomic E-state index is 4.58. The van der Waals surface area contributed by atoms with E-state index >= 15 is 0 Å². The predicted octanol–water partition coefficient (Wildman–Crippen LogP) is 2.03. The first-order valence-corrected chi connectivity index (χ1v) is 4.84. The van der Waals surface area contributed by atoms with Gasteiger partial charge in [0.2, 0.25) is 0 Å². The molecular formula is C10H16N2. The van der Waals surface area contributed by atoms with Gasteiger partial charge in [0, 0.05) is 19.2 Å². The van der Waals surface area contributed by atoms with Crippen molar-refractivity contribution >= 4 is 0 Å². The van der Waals surface area contributed by atoms with Crippen molar-refractivity contribution in [1.29, 1.82) is 0 Å². The molecule has 2 rings (SSSR count). The van der Waals surface area contributed by atoms with Crippen LogP contribution in [0.5, 0.6) is 0 Å². The van der Waals surface area contributed by atoms with Crippen LogP contribution in [-0.2, 0) is 19.4 Å². The van der Waals surface area contributed by atoms with Crippen LogP contribution < -0.4 is 0 Å². The molecular weight excluding hydrogens is 148 g/mol. The molecule has 0 saturated carbocycles. The highest BCUT2D eigenvalue weighted by Gasteiger charge is 2.16. The van der Waals surface area contributed by atoms with Crippen LogP contribution in [0.4, 0.5) is 0 Å². The number of rotatable bonds is 1. The Kier molecular flexibility index (Phi) is 1.91. The minimum Gasteiger partial charge on any atom is -0.335 e. The topological polar surface area (TPSA) is 17.8 Å². The summed E-state index contributed by atoms with van der Waals surface area (Å²) in [6, 6.07) is 0. The van der Waals surface area contributed by atoms with Crippen molar-refractivity contribution in [1.82, 2.24) is 9.55 Å². The quantitative estimate of drug-likeness (QED) is 0.621. The smallest absolute Gasteiger partial charge is 0.109 e. The zero-order valence-electron chi connectivity index (χ0n) is 7.88. The Labute approximate surface area is 73.6 Å². The van der Waals surface area contributed by atoms with Crippen LogP contribution in [0.1, 0.15) is 31.8 Å². The van der Waals surface area contributed by atoms with Gasteiger partial charge in [-0.05, 0) is 18.8 Å². The Morgan fingerprint density at radius 2 is 2.50 bits per heavy atom.